The summed E-state index contributed by atoms with van der Waals surface area (Å²) in [4.78, 5) is 31.1. The monoisotopic (exact) mass is 446 g/mol. The third kappa shape index (κ3) is 4.00. The number of thiazole rings is 1. The molecule has 3 heterocycles. The molecular weight excluding hydrogens is 426 g/mol. The maximum Gasteiger partial charge on any atom is 0.277 e. The molecule has 3 N–H and O–H groups in total. The minimum atomic E-state index is -0.796. The molecule has 2 aromatic heterocycles. The van der Waals surface area contributed by atoms with Crippen LogP contribution in [-0.4, -0.2) is 33.1 Å². The summed E-state index contributed by atoms with van der Waals surface area (Å²) in [6, 6.07) is 3.46. The SMILES string of the molecule is Cn1ncc(NC(=O)c2nc(-c3c(F)cccc3F)sc2N)c1N1CCCCCC1=O. The molecule has 8 nitrogen and oxygen atoms in total. The second-order valence-electron chi connectivity index (χ2n) is 7.14. The van der Waals surface area contributed by atoms with Gasteiger partial charge in [0.1, 0.15) is 27.3 Å². The number of nitrogen functional groups attached to an aromatic ring is 1. The summed E-state index contributed by atoms with van der Waals surface area (Å²) in [6.45, 7) is 0.525. The van der Waals surface area contributed by atoms with Crippen LogP contribution >= 0.6 is 11.3 Å². The van der Waals surface area contributed by atoms with Gasteiger partial charge in [-0.05, 0) is 25.0 Å². The van der Waals surface area contributed by atoms with Crippen molar-refractivity contribution >= 4 is 39.7 Å². The highest BCUT2D eigenvalue weighted by atomic mass is 32.1. The third-order valence-corrected chi connectivity index (χ3v) is 5.93. The number of hydrogen-bond donors (Lipinski definition) is 2. The summed E-state index contributed by atoms with van der Waals surface area (Å²) < 4.78 is 29.7. The van der Waals surface area contributed by atoms with E-state index >= 15 is 0 Å². The normalized spacial score (nSPS) is 14.5. The summed E-state index contributed by atoms with van der Waals surface area (Å²) in [5.41, 5.74) is 5.76. The predicted octanol–water partition coefficient (Wildman–Crippen LogP) is 3.56. The van der Waals surface area contributed by atoms with Crippen molar-refractivity contribution in [2.45, 2.75) is 25.7 Å². The van der Waals surface area contributed by atoms with Crippen LogP contribution in [0.3, 0.4) is 0 Å². The number of nitrogens with two attached hydrogens (primary N) is 1. The summed E-state index contributed by atoms with van der Waals surface area (Å²) in [7, 11) is 1.68. The average molecular weight is 446 g/mol. The van der Waals surface area contributed by atoms with Crippen molar-refractivity contribution in [1.82, 2.24) is 14.8 Å². The number of carbonyl (C=O) groups excluding carboxylic acids is 2. The molecule has 1 aliphatic rings. The van der Waals surface area contributed by atoms with Crippen molar-refractivity contribution in [3.8, 4) is 10.6 Å². The number of aromatic nitrogens is 3. The highest BCUT2D eigenvalue weighted by molar-refractivity contribution is 7.19. The van der Waals surface area contributed by atoms with Crippen LogP contribution in [0, 0.1) is 11.6 Å². The van der Waals surface area contributed by atoms with E-state index < -0.39 is 17.5 Å². The number of hydrogen-bond acceptors (Lipinski definition) is 6. The Balaban J connectivity index is 1.63. The van der Waals surface area contributed by atoms with Crippen molar-refractivity contribution in [2.24, 2.45) is 7.05 Å². The van der Waals surface area contributed by atoms with Crippen molar-refractivity contribution < 1.29 is 18.4 Å². The Morgan fingerprint density at radius 3 is 2.71 bits per heavy atom. The molecule has 3 aromatic rings. The Hall–Kier alpha value is -3.34. The van der Waals surface area contributed by atoms with Crippen LogP contribution in [0.5, 0.6) is 0 Å². The molecule has 162 valence electrons. The Bertz CT molecular complexity index is 1140. The molecule has 0 atom stereocenters. The number of nitrogens with zero attached hydrogens (tertiary/aromatic N) is 4. The highest BCUT2D eigenvalue weighted by Gasteiger charge is 2.27. The first-order valence-electron chi connectivity index (χ1n) is 9.71. The third-order valence-electron chi connectivity index (χ3n) is 5.03. The van der Waals surface area contributed by atoms with Crippen molar-refractivity contribution in [1.29, 1.82) is 0 Å². The molecule has 1 aromatic carbocycles. The molecule has 0 bridgehead atoms. The first-order chi connectivity index (χ1) is 14.9. The van der Waals surface area contributed by atoms with Gasteiger partial charge in [0.2, 0.25) is 5.91 Å². The molecular formula is C20H20F2N6O2S. The molecule has 2 amide bonds. The number of anilines is 3. The van der Waals surface area contributed by atoms with Gasteiger partial charge in [-0.15, -0.1) is 0 Å². The van der Waals surface area contributed by atoms with Crippen molar-refractivity contribution in [2.75, 3.05) is 22.5 Å². The summed E-state index contributed by atoms with van der Waals surface area (Å²) >= 11 is 0.816. The second kappa shape index (κ2) is 8.42. The molecule has 1 saturated heterocycles. The zero-order valence-corrected chi connectivity index (χ0v) is 17.5. The van der Waals surface area contributed by atoms with E-state index in [-0.39, 0.29) is 27.2 Å². The topological polar surface area (TPSA) is 106 Å². The van der Waals surface area contributed by atoms with Crippen molar-refractivity contribution in [3.05, 3.63) is 41.7 Å². The van der Waals surface area contributed by atoms with E-state index in [0.29, 0.717) is 24.5 Å². The molecule has 4 rings (SSSR count). The number of rotatable bonds is 4. The van der Waals surface area contributed by atoms with Gasteiger partial charge in [-0.3, -0.25) is 19.2 Å². The lowest BCUT2D eigenvalue weighted by atomic mass is 10.2. The molecule has 0 saturated carbocycles. The van der Waals surface area contributed by atoms with Gasteiger partial charge < -0.3 is 11.1 Å². The zero-order chi connectivity index (χ0) is 22.1. The predicted molar refractivity (Wildman–Crippen MR) is 114 cm³/mol. The Labute approximate surface area is 180 Å². The number of benzene rings is 1. The van der Waals surface area contributed by atoms with E-state index in [0.717, 1.165) is 42.7 Å². The maximum atomic E-state index is 14.1. The quantitative estimate of drug-likeness (QED) is 0.637. The average Bonchev–Trinajstić information content (AvgIpc) is 3.19. The number of nitrogens with one attached hydrogen (secondary N) is 1. The smallest absolute Gasteiger partial charge is 0.277 e. The number of halogens is 2. The Kier molecular flexibility index (Phi) is 5.68. The van der Waals surface area contributed by atoms with E-state index in [1.807, 2.05) is 0 Å². The summed E-state index contributed by atoms with van der Waals surface area (Å²) in [5.74, 6) is -1.82. The number of amides is 2. The first-order valence-corrected chi connectivity index (χ1v) is 10.5. The van der Waals surface area contributed by atoms with Crippen LogP contribution in [0.15, 0.2) is 24.4 Å². The van der Waals surface area contributed by atoms with Crippen LogP contribution in [0.2, 0.25) is 0 Å². The lowest BCUT2D eigenvalue weighted by Gasteiger charge is -2.22. The fraction of sp³-hybridized carbons (Fsp3) is 0.300. The largest absolute Gasteiger partial charge is 0.389 e. The molecule has 0 aliphatic carbocycles. The van der Waals surface area contributed by atoms with Gasteiger partial charge in [-0.1, -0.05) is 23.8 Å². The molecule has 11 heteroatoms. The van der Waals surface area contributed by atoms with Crippen LogP contribution in [-0.2, 0) is 11.8 Å². The van der Waals surface area contributed by atoms with E-state index in [1.165, 1.54) is 16.9 Å². The van der Waals surface area contributed by atoms with Gasteiger partial charge in [0, 0.05) is 20.0 Å². The highest BCUT2D eigenvalue weighted by Crippen LogP contribution is 2.34. The molecule has 31 heavy (non-hydrogen) atoms. The van der Waals surface area contributed by atoms with E-state index in [1.54, 1.807) is 11.9 Å². The Morgan fingerprint density at radius 2 is 1.97 bits per heavy atom. The van der Waals surface area contributed by atoms with Crippen molar-refractivity contribution in [3.63, 3.8) is 0 Å². The fourth-order valence-corrected chi connectivity index (χ4v) is 4.41. The number of aryl methyl sites for hydroxylation is 1. The standard InChI is InChI=1S/C20H20F2N6O2S/c1-27-20(28-9-4-2-3-8-14(28)29)13(10-24-27)25-18(30)16-17(23)31-19(26-16)15-11(21)6-5-7-12(15)22/h5-7,10H,2-4,8-9,23H2,1H3,(H,25,30). The van der Waals surface area contributed by atoms with Gasteiger partial charge in [0.25, 0.3) is 5.91 Å². The van der Waals surface area contributed by atoms with Gasteiger partial charge in [-0.25, -0.2) is 13.8 Å². The minimum absolute atomic E-state index is 0.0199. The first kappa shape index (κ1) is 20.9. The molecule has 1 fully saturated rings. The van der Waals surface area contributed by atoms with Crippen LogP contribution in [0.1, 0.15) is 36.2 Å². The summed E-state index contributed by atoms with van der Waals surface area (Å²) in [5, 5.41) is 6.83. The van der Waals surface area contributed by atoms with E-state index in [2.05, 4.69) is 15.4 Å². The fourth-order valence-electron chi connectivity index (χ4n) is 3.53. The van der Waals surface area contributed by atoms with Crippen LogP contribution in [0.4, 0.5) is 25.3 Å². The van der Waals surface area contributed by atoms with Crippen LogP contribution < -0.4 is 16.0 Å². The molecule has 0 spiro atoms. The lowest BCUT2D eigenvalue weighted by molar-refractivity contribution is -0.118. The maximum absolute atomic E-state index is 14.1. The molecule has 0 unspecified atom stereocenters. The van der Waals surface area contributed by atoms with Crippen LogP contribution in [0.25, 0.3) is 10.6 Å². The lowest BCUT2D eigenvalue weighted by Crippen LogP contribution is -2.32. The van der Waals surface area contributed by atoms with Gasteiger partial charge in [0.05, 0.1) is 11.8 Å². The Morgan fingerprint density at radius 1 is 1.23 bits per heavy atom. The van der Waals surface area contributed by atoms with Gasteiger partial charge in [-0.2, -0.15) is 5.10 Å². The molecule has 0 radical (unpaired) electrons. The van der Waals surface area contributed by atoms with E-state index in [4.69, 9.17) is 5.73 Å². The van der Waals surface area contributed by atoms with Gasteiger partial charge in [0.15, 0.2) is 11.5 Å². The minimum Gasteiger partial charge on any atom is -0.389 e. The zero-order valence-electron chi connectivity index (χ0n) is 16.7. The second-order valence-corrected chi connectivity index (χ2v) is 8.17. The van der Waals surface area contributed by atoms with Gasteiger partial charge >= 0.3 is 0 Å². The number of carbonyl (C=O) groups is 2. The van der Waals surface area contributed by atoms with E-state index in [9.17, 15) is 18.4 Å². The summed E-state index contributed by atoms with van der Waals surface area (Å²) in [6.07, 6.45) is 4.48. The molecule has 1 aliphatic heterocycles.